The predicted molar refractivity (Wildman–Crippen MR) is 160 cm³/mol. The van der Waals surface area contributed by atoms with E-state index in [9.17, 15) is 14.7 Å². The minimum Gasteiger partial charge on any atom is -0.507 e. The Balaban J connectivity index is 1.09. The number of fused-ring (bicyclic) bond motifs is 1. The Morgan fingerprint density at radius 3 is 2.41 bits per heavy atom. The molecule has 3 aliphatic rings. The quantitative estimate of drug-likeness (QED) is 0.191. The molecule has 2 aromatic heterocycles. The second-order valence-electron chi connectivity index (χ2n) is 12.6. The van der Waals surface area contributed by atoms with Crippen LogP contribution in [0.5, 0.6) is 5.75 Å². The standard InChI is InChI=1S/C35H38N2O4/c38-30-21-31(27(18-22-8-9-22)19-23-10-11-23)41-35(40)34(30)33(25-12-13-25)26-5-3-6-28(20-26)36-32(39)15-17-37-16-14-24-4-1-2-7-29(24)37/h1-7,14,16,20-23,25,27,33,38H,8-13,15,17-19H2,(H,36,39). The lowest BCUT2D eigenvalue weighted by Crippen LogP contribution is -2.18. The molecule has 0 spiro atoms. The highest BCUT2D eigenvalue weighted by atomic mass is 16.4. The van der Waals surface area contributed by atoms with Gasteiger partial charge < -0.3 is 19.4 Å². The van der Waals surface area contributed by atoms with Crippen LogP contribution in [0.1, 0.15) is 86.5 Å². The van der Waals surface area contributed by atoms with Crippen LogP contribution in [0, 0.1) is 17.8 Å². The average molecular weight is 551 g/mol. The highest BCUT2D eigenvalue weighted by Crippen LogP contribution is 2.49. The summed E-state index contributed by atoms with van der Waals surface area (Å²) in [7, 11) is 0. The molecule has 0 radical (unpaired) electrons. The predicted octanol–water partition coefficient (Wildman–Crippen LogP) is 7.55. The molecule has 7 rings (SSSR count). The van der Waals surface area contributed by atoms with Crippen molar-refractivity contribution in [1.29, 1.82) is 0 Å². The van der Waals surface area contributed by atoms with Crippen molar-refractivity contribution in [3.8, 4) is 5.75 Å². The summed E-state index contributed by atoms with van der Waals surface area (Å²) < 4.78 is 8.09. The number of rotatable bonds is 12. The summed E-state index contributed by atoms with van der Waals surface area (Å²) in [6.07, 6.45) is 11.5. The molecule has 6 heteroatoms. The second-order valence-corrected chi connectivity index (χ2v) is 12.6. The van der Waals surface area contributed by atoms with Crippen molar-refractivity contribution in [1.82, 2.24) is 4.57 Å². The molecule has 1 amide bonds. The molecule has 0 saturated heterocycles. The molecule has 3 fully saturated rings. The number of aryl methyl sites for hydroxylation is 1. The smallest absolute Gasteiger partial charge is 0.343 e. The summed E-state index contributed by atoms with van der Waals surface area (Å²) >= 11 is 0. The molecule has 1 unspecified atom stereocenters. The summed E-state index contributed by atoms with van der Waals surface area (Å²) in [5.41, 5.74) is 2.68. The van der Waals surface area contributed by atoms with Gasteiger partial charge in [-0.15, -0.1) is 0 Å². The van der Waals surface area contributed by atoms with Gasteiger partial charge in [-0.05, 0) is 78.7 Å². The Morgan fingerprint density at radius 2 is 1.71 bits per heavy atom. The number of hydrogen-bond donors (Lipinski definition) is 2. The van der Waals surface area contributed by atoms with E-state index in [-0.39, 0.29) is 29.4 Å². The van der Waals surface area contributed by atoms with Gasteiger partial charge in [0.05, 0.1) is 5.56 Å². The van der Waals surface area contributed by atoms with E-state index >= 15 is 0 Å². The number of nitrogens with one attached hydrogen (secondary N) is 1. The highest BCUT2D eigenvalue weighted by Gasteiger charge is 2.39. The van der Waals surface area contributed by atoms with E-state index in [1.165, 1.54) is 25.7 Å². The van der Waals surface area contributed by atoms with Gasteiger partial charge in [0, 0.05) is 48.3 Å². The number of amides is 1. The number of carbonyl (C=O) groups is 1. The van der Waals surface area contributed by atoms with Gasteiger partial charge in [0.2, 0.25) is 5.91 Å². The van der Waals surface area contributed by atoms with Gasteiger partial charge in [0.15, 0.2) is 0 Å². The van der Waals surface area contributed by atoms with Crippen LogP contribution in [-0.2, 0) is 11.3 Å². The molecular formula is C35H38N2O4. The van der Waals surface area contributed by atoms with Crippen molar-refractivity contribution >= 4 is 22.5 Å². The number of carbonyl (C=O) groups excluding carboxylic acids is 1. The molecule has 41 heavy (non-hydrogen) atoms. The Morgan fingerprint density at radius 1 is 0.951 bits per heavy atom. The summed E-state index contributed by atoms with van der Waals surface area (Å²) in [4.78, 5) is 26.4. The van der Waals surface area contributed by atoms with Crippen molar-refractivity contribution < 1.29 is 14.3 Å². The lowest BCUT2D eigenvalue weighted by molar-refractivity contribution is -0.116. The van der Waals surface area contributed by atoms with Gasteiger partial charge in [0.25, 0.3) is 0 Å². The summed E-state index contributed by atoms with van der Waals surface area (Å²) in [5, 5.41) is 15.5. The van der Waals surface area contributed by atoms with E-state index in [1.54, 1.807) is 6.07 Å². The molecule has 2 aromatic carbocycles. The summed E-state index contributed by atoms with van der Waals surface area (Å²) in [6, 6.07) is 19.7. The lowest BCUT2D eigenvalue weighted by Gasteiger charge is -2.21. The third-order valence-corrected chi connectivity index (χ3v) is 9.21. The third-order valence-electron chi connectivity index (χ3n) is 9.21. The Kier molecular flexibility index (Phi) is 6.93. The Hall–Kier alpha value is -3.80. The van der Waals surface area contributed by atoms with E-state index in [2.05, 4.69) is 28.1 Å². The lowest BCUT2D eigenvalue weighted by atomic mass is 9.86. The fourth-order valence-corrected chi connectivity index (χ4v) is 6.53. The monoisotopic (exact) mass is 550 g/mol. The van der Waals surface area contributed by atoms with Crippen LogP contribution in [0.4, 0.5) is 5.69 Å². The maximum Gasteiger partial charge on any atom is 0.343 e. The van der Waals surface area contributed by atoms with Crippen LogP contribution >= 0.6 is 0 Å². The van der Waals surface area contributed by atoms with Gasteiger partial charge in [-0.25, -0.2) is 4.79 Å². The first-order valence-electron chi connectivity index (χ1n) is 15.3. The first kappa shape index (κ1) is 26.1. The number of nitrogens with zero attached hydrogens (tertiary/aromatic N) is 1. The zero-order valence-electron chi connectivity index (χ0n) is 23.4. The first-order valence-corrected chi connectivity index (χ1v) is 15.3. The Bertz CT molecular complexity index is 1610. The van der Waals surface area contributed by atoms with Crippen molar-refractivity contribution in [2.24, 2.45) is 17.8 Å². The van der Waals surface area contributed by atoms with E-state index in [0.29, 0.717) is 30.0 Å². The minimum absolute atomic E-state index is 0.0538. The summed E-state index contributed by atoms with van der Waals surface area (Å²) in [6.45, 7) is 0.591. The normalized spacial score (nSPS) is 17.7. The van der Waals surface area contributed by atoms with Gasteiger partial charge in [0.1, 0.15) is 11.5 Å². The number of para-hydroxylation sites is 1. The molecule has 0 aliphatic heterocycles. The molecule has 2 N–H and O–H groups in total. The molecule has 3 saturated carbocycles. The molecule has 3 aliphatic carbocycles. The zero-order valence-corrected chi connectivity index (χ0v) is 23.4. The Labute approximate surface area is 240 Å². The second kappa shape index (κ2) is 10.9. The van der Waals surface area contributed by atoms with Gasteiger partial charge >= 0.3 is 5.63 Å². The fourth-order valence-electron chi connectivity index (χ4n) is 6.53. The van der Waals surface area contributed by atoms with Crippen molar-refractivity contribution in [3.05, 3.63) is 94.2 Å². The van der Waals surface area contributed by atoms with Crippen molar-refractivity contribution in [2.75, 3.05) is 5.32 Å². The summed E-state index contributed by atoms with van der Waals surface area (Å²) in [5.74, 6) is 2.33. The van der Waals surface area contributed by atoms with Crippen molar-refractivity contribution in [3.63, 3.8) is 0 Å². The first-order chi connectivity index (χ1) is 20.0. The molecule has 0 bridgehead atoms. The number of aromatic hydroxyl groups is 1. The van der Waals surface area contributed by atoms with Crippen molar-refractivity contribution in [2.45, 2.75) is 76.2 Å². The SMILES string of the molecule is O=C(CCn1ccc2ccccc21)Nc1cccc(C(c2c(O)cc(C(CC3CC3)CC3CC3)oc2=O)C2CC2)c1. The number of aromatic nitrogens is 1. The van der Waals surface area contributed by atoms with E-state index in [0.717, 1.165) is 54.0 Å². The molecule has 212 valence electrons. The van der Waals surface area contributed by atoms with Crippen LogP contribution in [0.25, 0.3) is 10.9 Å². The fraction of sp³-hybridized carbons (Fsp3) is 0.429. The zero-order chi connectivity index (χ0) is 27.9. The third kappa shape index (κ3) is 5.97. The largest absolute Gasteiger partial charge is 0.507 e. The van der Waals surface area contributed by atoms with E-state index in [1.807, 2.05) is 42.6 Å². The molecule has 2 heterocycles. The van der Waals surface area contributed by atoms with Gasteiger partial charge in [-0.3, -0.25) is 4.79 Å². The van der Waals surface area contributed by atoms with Gasteiger partial charge in [-0.2, -0.15) is 0 Å². The maximum absolute atomic E-state index is 13.5. The molecular weight excluding hydrogens is 512 g/mol. The van der Waals surface area contributed by atoms with Crippen LogP contribution in [0.2, 0.25) is 0 Å². The van der Waals surface area contributed by atoms with Crippen LogP contribution in [-0.4, -0.2) is 15.6 Å². The molecule has 6 nitrogen and oxygen atoms in total. The van der Waals surface area contributed by atoms with Crippen LogP contribution in [0.3, 0.4) is 0 Å². The number of benzene rings is 2. The average Bonchev–Trinajstić information content (AvgIpc) is 3.82. The molecule has 4 aromatic rings. The highest BCUT2D eigenvalue weighted by molar-refractivity contribution is 5.91. The van der Waals surface area contributed by atoms with E-state index in [4.69, 9.17) is 4.42 Å². The minimum atomic E-state index is -0.415. The maximum atomic E-state index is 13.5. The van der Waals surface area contributed by atoms with Gasteiger partial charge in [-0.1, -0.05) is 56.0 Å². The van der Waals surface area contributed by atoms with E-state index < -0.39 is 5.63 Å². The topological polar surface area (TPSA) is 84.5 Å². The van der Waals surface area contributed by atoms with Crippen LogP contribution in [0.15, 0.2) is 76.1 Å². The molecule has 1 atom stereocenters. The number of hydrogen-bond acceptors (Lipinski definition) is 4. The van der Waals surface area contributed by atoms with Crippen LogP contribution < -0.4 is 10.9 Å². The number of anilines is 1.